The van der Waals surface area contributed by atoms with Gasteiger partial charge in [-0.15, -0.1) is 0 Å². The molecule has 4 heteroatoms. The molecule has 0 aliphatic carbocycles. The minimum atomic E-state index is -0.534. The fourth-order valence-electron chi connectivity index (χ4n) is 2.97. The van der Waals surface area contributed by atoms with E-state index in [2.05, 4.69) is 12.1 Å². The van der Waals surface area contributed by atoms with Gasteiger partial charge in [-0.2, -0.15) is 0 Å². The van der Waals surface area contributed by atoms with Crippen molar-refractivity contribution >= 4 is 11.6 Å². The third kappa shape index (κ3) is 3.09. The third-order valence-corrected chi connectivity index (χ3v) is 4.49. The molecule has 2 rings (SSSR count). The highest BCUT2D eigenvalue weighted by Gasteiger charge is 2.37. The lowest BCUT2D eigenvalue weighted by molar-refractivity contribution is -0.137. The summed E-state index contributed by atoms with van der Waals surface area (Å²) in [6.45, 7) is 7.28. The van der Waals surface area contributed by atoms with Crippen LogP contribution in [0, 0.1) is 5.92 Å². The molecule has 1 aliphatic heterocycles. The van der Waals surface area contributed by atoms with Crippen molar-refractivity contribution in [2.45, 2.75) is 39.0 Å². The molecule has 0 bridgehead atoms. The van der Waals surface area contributed by atoms with Crippen LogP contribution in [-0.2, 0) is 10.2 Å². The molecule has 114 valence electrons. The fraction of sp³-hybridized carbons (Fsp3) is 0.529. The highest BCUT2D eigenvalue weighted by Crippen LogP contribution is 2.28. The number of oxime groups is 1. The standard InChI is InChI=1S/C17H24N2O2/c1-4-13-12-19(11-10-15(13)18-21)16(20)17(2,3)14-8-6-5-7-9-14/h5-9,13,21H,4,10-12H2,1-3H3/b18-15+. The van der Waals surface area contributed by atoms with Crippen LogP contribution in [0.5, 0.6) is 0 Å². The predicted octanol–water partition coefficient (Wildman–Crippen LogP) is 3.05. The maximum atomic E-state index is 12.9. The Bertz CT molecular complexity index is 523. The number of benzene rings is 1. The Morgan fingerprint density at radius 1 is 1.38 bits per heavy atom. The van der Waals surface area contributed by atoms with Crippen LogP contribution in [-0.4, -0.2) is 34.8 Å². The van der Waals surface area contributed by atoms with Crippen LogP contribution in [0.2, 0.25) is 0 Å². The Morgan fingerprint density at radius 3 is 2.62 bits per heavy atom. The zero-order chi connectivity index (χ0) is 15.5. The minimum Gasteiger partial charge on any atom is -0.411 e. The number of piperidine rings is 1. The van der Waals surface area contributed by atoms with Crippen molar-refractivity contribution in [3.05, 3.63) is 35.9 Å². The van der Waals surface area contributed by atoms with Gasteiger partial charge < -0.3 is 10.1 Å². The molecule has 0 spiro atoms. The average Bonchev–Trinajstić information content (AvgIpc) is 2.54. The van der Waals surface area contributed by atoms with E-state index in [1.165, 1.54) is 0 Å². The van der Waals surface area contributed by atoms with E-state index in [0.29, 0.717) is 19.5 Å². The minimum absolute atomic E-state index is 0.143. The summed E-state index contributed by atoms with van der Waals surface area (Å²) in [4.78, 5) is 14.8. The molecule has 21 heavy (non-hydrogen) atoms. The lowest BCUT2D eigenvalue weighted by Crippen LogP contribution is -2.50. The van der Waals surface area contributed by atoms with Gasteiger partial charge in [0.25, 0.3) is 0 Å². The van der Waals surface area contributed by atoms with E-state index in [-0.39, 0.29) is 11.8 Å². The van der Waals surface area contributed by atoms with Crippen LogP contribution < -0.4 is 0 Å². The molecule has 0 saturated carbocycles. The number of carbonyl (C=O) groups excluding carboxylic acids is 1. The number of likely N-dealkylation sites (tertiary alicyclic amines) is 1. The smallest absolute Gasteiger partial charge is 0.232 e. The van der Waals surface area contributed by atoms with Crippen molar-refractivity contribution in [3.8, 4) is 0 Å². The SMILES string of the molecule is CCC1CN(C(=O)C(C)(C)c2ccccc2)CC/C1=N\O. The van der Waals surface area contributed by atoms with E-state index in [0.717, 1.165) is 17.7 Å². The second-order valence-corrected chi connectivity index (χ2v) is 6.19. The second kappa shape index (κ2) is 6.29. The quantitative estimate of drug-likeness (QED) is 0.686. The molecule has 1 atom stereocenters. The summed E-state index contributed by atoms with van der Waals surface area (Å²) in [5.74, 6) is 0.309. The topological polar surface area (TPSA) is 52.9 Å². The van der Waals surface area contributed by atoms with Gasteiger partial charge in [0.2, 0.25) is 5.91 Å². The summed E-state index contributed by atoms with van der Waals surface area (Å²) < 4.78 is 0. The number of carbonyl (C=O) groups is 1. The second-order valence-electron chi connectivity index (χ2n) is 6.19. The first-order chi connectivity index (χ1) is 10.0. The monoisotopic (exact) mass is 288 g/mol. The number of rotatable bonds is 3. The highest BCUT2D eigenvalue weighted by molar-refractivity contribution is 5.92. The third-order valence-electron chi connectivity index (χ3n) is 4.49. The van der Waals surface area contributed by atoms with Crippen LogP contribution >= 0.6 is 0 Å². The zero-order valence-corrected chi connectivity index (χ0v) is 13.0. The van der Waals surface area contributed by atoms with Crippen molar-refractivity contribution in [2.75, 3.05) is 13.1 Å². The molecule has 1 N–H and O–H groups in total. The van der Waals surface area contributed by atoms with Crippen LogP contribution in [0.15, 0.2) is 35.5 Å². The molecule has 1 aliphatic rings. The molecule has 1 saturated heterocycles. The summed E-state index contributed by atoms with van der Waals surface area (Å²) in [6.07, 6.45) is 1.54. The van der Waals surface area contributed by atoms with Gasteiger partial charge in [-0.25, -0.2) is 0 Å². The van der Waals surface area contributed by atoms with Crippen molar-refractivity contribution in [1.82, 2.24) is 4.90 Å². The van der Waals surface area contributed by atoms with Crippen molar-refractivity contribution in [1.29, 1.82) is 0 Å². The Balaban J connectivity index is 2.17. The van der Waals surface area contributed by atoms with E-state index in [9.17, 15) is 4.79 Å². The van der Waals surface area contributed by atoms with Gasteiger partial charge in [-0.1, -0.05) is 42.4 Å². The summed E-state index contributed by atoms with van der Waals surface area (Å²) in [6, 6.07) is 9.89. The number of amides is 1. The molecule has 1 fully saturated rings. The normalized spacial score (nSPS) is 21.6. The molecule has 0 aromatic heterocycles. The molecular formula is C17H24N2O2. The van der Waals surface area contributed by atoms with E-state index in [4.69, 9.17) is 5.21 Å². The van der Waals surface area contributed by atoms with Crippen molar-refractivity contribution in [2.24, 2.45) is 11.1 Å². The molecule has 1 aromatic carbocycles. The number of hydrogen-bond acceptors (Lipinski definition) is 3. The fourth-order valence-corrected chi connectivity index (χ4v) is 2.97. The highest BCUT2D eigenvalue weighted by atomic mass is 16.4. The predicted molar refractivity (Wildman–Crippen MR) is 83.7 cm³/mol. The summed E-state index contributed by atoms with van der Waals surface area (Å²) in [7, 11) is 0. The molecule has 1 amide bonds. The average molecular weight is 288 g/mol. The van der Waals surface area contributed by atoms with E-state index < -0.39 is 5.41 Å². The molecule has 1 aromatic rings. The van der Waals surface area contributed by atoms with Crippen LogP contribution in [0.1, 0.15) is 39.2 Å². The Hall–Kier alpha value is -1.84. The Morgan fingerprint density at radius 2 is 2.05 bits per heavy atom. The lowest BCUT2D eigenvalue weighted by atomic mass is 9.82. The first-order valence-electron chi connectivity index (χ1n) is 7.56. The number of hydrogen-bond donors (Lipinski definition) is 1. The number of nitrogens with zero attached hydrogens (tertiary/aromatic N) is 2. The molecular weight excluding hydrogens is 264 g/mol. The van der Waals surface area contributed by atoms with Crippen LogP contribution in [0.3, 0.4) is 0 Å². The molecule has 1 unspecified atom stereocenters. The summed E-state index contributed by atoms with van der Waals surface area (Å²) >= 11 is 0. The van der Waals surface area contributed by atoms with Crippen LogP contribution in [0.25, 0.3) is 0 Å². The van der Waals surface area contributed by atoms with Crippen molar-refractivity contribution in [3.63, 3.8) is 0 Å². The Kier molecular flexibility index (Phi) is 4.66. The van der Waals surface area contributed by atoms with Gasteiger partial charge in [0.15, 0.2) is 0 Å². The summed E-state index contributed by atoms with van der Waals surface area (Å²) in [5.41, 5.74) is 1.32. The van der Waals surface area contributed by atoms with E-state index in [1.54, 1.807) is 0 Å². The summed E-state index contributed by atoms with van der Waals surface area (Å²) in [5, 5.41) is 12.4. The van der Waals surface area contributed by atoms with Gasteiger partial charge >= 0.3 is 0 Å². The van der Waals surface area contributed by atoms with Gasteiger partial charge in [-0.3, -0.25) is 4.79 Å². The zero-order valence-electron chi connectivity index (χ0n) is 13.0. The molecule has 0 radical (unpaired) electrons. The van der Waals surface area contributed by atoms with E-state index in [1.807, 2.05) is 49.1 Å². The lowest BCUT2D eigenvalue weighted by Gasteiger charge is -2.38. The Labute approximate surface area is 126 Å². The van der Waals surface area contributed by atoms with Gasteiger partial charge in [0.1, 0.15) is 0 Å². The van der Waals surface area contributed by atoms with Crippen LogP contribution in [0.4, 0.5) is 0 Å². The van der Waals surface area contributed by atoms with E-state index >= 15 is 0 Å². The maximum absolute atomic E-state index is 12.9. The largest absolute Gasteiger partial charge is 0.411 e. The first-order valence-corrected chi connectivity index (χ1v) is 7.56. The maximum Gasteiger partial charge on any atom is 0.232 e. The molecule has 1 heterocycles. The van der Waals surface area contributed by atoms with Crippen molar-refractivity contribution < 1.29 is 10.0 Å². The van der Waals surface area contributed by atoms with Gasteiger partial charge in [0, 0.05) is 25.4 Å². The molecule has 4 nitrogen and oxygen atoms in total. The van der Waals surface area contributed by atoms with Gasteiger partial charge in [-0.05, 0) is 25.8 Å². The van der Waals surface area contributed by atoms with Gasteiger partial charge in [0.05, 0.1) is 11.1 Å². The first kappa shape index (κ1) is 15.5.